The van der Waals surface area contributed by atoms with Gasteiger partial charge in [-0.25, -0.2) is 0 Å². The van der Waals surface area contributed by atoms with E-state index in [1.807, 2.05) is 56.3 Å². The second-order valence-electron chi connectivity index (χ2n) is 9.60. The van der Waals surface area contributed by atoms with Gasteiger partial charge in [0.2, 0.25) is 5.95 Å². The van der Waals surface area contributed by atoms with Crippen LogP contribution in [0.25, 0.3) is 16.7 Å². The van der Waals surface area contributed by atoms with E-state index in [0.29, 0.717) is 35.3 Å². The Morgan fingerprint density at radius 1 is 1.31 bits per heavy atom. The Hall–Kier alpha value is -3.45. The van der Waals surface area contributed by atoms with E-state index >= 15 is 0 Å². The number of nitrogens with zero attached hydrogens (tertiary/aromatic N) is 1. The Morgan fingerprint density at radius 3 is 2.64 bits per heavy atom. The molecule has 2 heterocycles. The maximum absolute atomic E-state index is 13.8. The number of fused-ring (bicyclic) bond motifs is 1. The number of Topliss-reactive ketones (excluding diaryl/α,β-unsaturated/α-hetero) is 1. The maximum atomic E-state index is 13.8. The van der Waals surface area contributed by atoms with Gasteiger partial charge in [-0.1, -0.05) is 31.2 Å². The van der Waals surface area contributed by atoms with Crippen molar-refractivity contribution in [3.8, 4) is 22.6 Å². The molecule has 1 fully saturated rings. The highest BCUT2D eigenvalue weighted by atomic mass is 19.1. The van der Waals surface area contributed by atoms with Gasteiger partial charge in [-0.2, -0.15) is 9.49 Å². The van der Waals surface area contributed by atoms with E-state index in [9.17, 15) is 9.18 Å². The van der Waals surface area contributed by atoms with E-state index in [2.05, 4.69) is 17.1 Å². The van der Waals surface area contributed by atoms with Crippen LogP contribution in [-0.4, -0.2) is 35.2 Å². The molecule has 1 aromatic heterocycles. The Kier molecular flexibility index (Phi) is 7.59. The number of ketones is 1. The average Bonchev–Trinajstić information content (AvgIpc) is 3.50. The van der Waals surface area contributed by atoms with Gasteiger partial charge in [-0.05, 0) is 80.0 Å². The van der Waals surface area contributed by atoms with Gasteiger partial charge in [-0.15, -0.1) is 0 Å². The molecule has 0 spiro atoms. The van der Waals surface area contributed by atoms with E-state index in [-0.39, 0.29) is 11.7 Å². The molecule has 0 radical (unpaired) electrons. The lowest BCUT2D eigenvalue weighted by atomic mass is 9.85. The molecule has 7 heteroatoms. The van der Waals surface area contributed by atoms with Gasteiger partial charge in [-0.3, -0.25) is 9.89 Å². The smallest absolute Gasteiger partial charge is 0.216 e. The van der Waals surface area contributed by atoms with Crippen LogP contribution in [0.3, 0.4) is 0 Å². The number of allylic oxidation sites excluding steroid dienone is 2. The Morgan fingerprint density at radius 2 is 2.08 bits per heavy atom. The molecule has 1 aliphatic carbocycles. The minimum atomic E-state index is -0.474. The lowest BCUT2D eigenvalue weighted by molar-refractivity contribution is -0.118. The van der Waals surface area contributed by atoms with Crippen molar-refractivity contribution in [1.29, 1.82) is 0 Å². The fourth-order valence-electron chi connectivity index (χ4n) is 4.44. The first kappa shape index (κ1) is 25.6. The second kappa shape index (κ2) is 10.7. The first-order valence-electron chi connectivity index (χ1n) is 12.4. The summed E-state index contributed by atoms with van der Waals surface area (Å²) in [6.45, 7) is 6.27. The molecule has 0 amide bonds. The molecule has 0 saturated heterocycles. The number of aromatic nitrogens is 2. The summed E-state index contributed by atoms with van der Waals surface area (Å²) in [7, 11) is 1.62. The number of rotatable bonds is 6. The highest BCUT2D eigenvalue weighted by Crippen LogP contribution is 2.35. The van der Waals surface area contributed by atoms with Crippen molar-refractivity contribution in [3.63, 3.8) is 0 Å². The van der Waals surface area contributed by atoms with Gasteiger partial charge < -0.3 is 15.2 Å². The van der Waals surface area contributed by atoms with Crippen LogP contribution in [0.2, 0.25) is 0 Å². The number of H-pyrrole nitrogens is 1. The van der Waals surface area contributed by atoms with Crippen LogP contribution < -0.4 is 15.2 Å². The molecule has 36 heavy (non-hydrogen) atoms. The van der Waals surface area contributed by atoms with Crippen LogP contribution >= 0.6 is 0 Å². The SMILES string of the molecule is C/C=C(/C(=O)C1COc2ccc(OC)cc2C1)c1ccc(-c2cn[nH]c2F)cc1C.CCC1(N)CC1. The van der Waals surface area contributed by atoms with Crippen LogP contribution in [0.4, 0.5) is 4.39 Å². The molecular formula is C29H34FN3O3. The number of aryl methyl sites for hydroxylation is 1. The summed E-state index contributed by atoms with van der Waals surface area (Å²) in [5.41, 5.74) is 10.4. The van der Waals surface area contributed by atoms with Gasteiger partial charge in [0.05, 0.1) is 31.4 Å². The van der Waals surface area contributed by atoms with Crippen LogP contribution in [0.1, 0.15) is 49.8 Å². The Bertz CT molecular complexity index is 1280. The van der Waals surface area contributed by atoms with Crippen LogP contribution in [0.15, 0.2) is 48.7 Å². The monoisotopic (exact) mass is 491 g/mol. The van der Waals surface area contributed by atoms with E-state index in [4.69, 9.17) is 15.2 Å². The molecule has 6 nitrogen and oxygen atoms in total. The molecule has 3 N–H and O–H groups in total. The molecule has 2 aromatic carbocycles. The zero-order chi connectivity index (χ0) is 25.9. The standard InChI is InChI=1S/C24H23FN2O3.C5H11N/c1-4-19(20-7-5-15(9-14(20)2)21-12-26-27-24(21)25)23(28)17-10-16-11-18(29-3)6-8-22(16)30-13-17;1-2-5(6)3-4-5/h4-9,11-12,17H,10,13H2,1-3H3,(H,26,27);2-4,6H2,1H3/b19-4+;. The number of ether oxygens (including phenoxy) is 2. The summed E-state index contributed by atoms with van der Waals surface area (Å²) in [5.74, 6) is 0.828. The number of nitrogens with two attached hydrogens (primary N) is 1. The van der Waals surface area contributed by atoms with E-state index in [1.54, 1.807) is 7.11 Å². The van der Waals surface area contributed by atoms with Crippen molar-refractivity contribution in [1.82, 2.24) is 10.2 Å². The van der Waals surface area contributed by atoms with Gasteiger partial charge in [0.1, 0.15) is 11.5 Å². The molecular weight excluding hydrogens is 457 g/mol. The van der Waals surface area contributed by atoms with Crippen molar-refractivity contribution in [2.75, 3.05) is 13.7 Å². The maximum Gasteiger partial charge on any atom is 0.216 e. The first-order valence-corrected chi connectivity index (χ1v) is 12.4. The number of hydrogen-bond acceptors (Lipinski definition) is 5. The first-order chi connectivity index (χ1) is 17.3. The number of aromatic amines is 1. The molecule has 0 bridgehead atoms. The minimum Gasteiger partial charge on any atom is -0.497 e. The predicted molar refractivity (Wildman–Crippen MR) is 140 cm³/mol. The predicted octanol–water partition coefficient (Wildman–Crippen LogP) is 5.64. The third-order valence-electron chi connectivity index (χ3n) is 7.12. The average molecular weight is 492 g/mol. The van der Waals surface area contributed by atoms with Crippen LogP contribution in [0, 0.1) is 18.8 Å². The summed E-state index contributed by atoms with van der Waals surface area (Å²) in [6, 6.07) is 11.2. The fraction of sp³-hybridized carbons (Fsp3) is 0.379. The molecule has 1 atom stereocenters. The number of hydrogen-bond donors (Lipinski definition) is 2. The van der Waals surface area contributed by atoms with Crippen molar-refractivity contribution >= 4 is 11.4 Å². The molecule has 190 valence electrons. The van der Waals surface area contributed by atoms with E-state index in [1.165, 1.54) is 19.0 Å². The lowest BCUT2D eigenvalue weighted by Gasteiger charge is -2.26. The van der Waals surface area contributed by atoms with Gasteiger partial charge in [0.25, 0.3) is 0 Å². The summed E-state index contributed by atoms with van der Waals surface area (Å²) in [4.78, 5) is 13.4. The number of nitrogens with one attached hydrogen (secondary N) is 1. The molecule has 1 aliphatic heterocycles. The van der Waals surface area contributed by atoms with Gasteiger partial charge >= 0.3 is 0 Å². The molecule has 2 aliphatic rings. The Balaban J connectivity index is 0.000000445. The normalized spacial score (nSPS) is 17.8. The zero-order valence-electron chi connectivity index (χ0n) is 21.4. The largest absolute Gasteiger partial charge is 0.497 e. The quantitative estimate of drug-likeness (QED) is 0.435. The third-order valence-corrected chi connectivity index (χ3v) is 7.12. The molecule has 5 rings (SSSR count). The molecule has 1 saturated carbocycles. The summed E-state index contributed by atoms with van der Waals surface area (Å²) in [5, 5.41) is 6.04. The summed E-state index contributed by atoms with van der Waals surface area (Å²) in [6.07, 6.45) is 7.56. The number of benzene rings is 2. The minimum absolute atomic E-state index is 0.0383. The third kappa shape index (κ3) is 5.51. The molecule has 1 unspecified atom stereocenters. The van der Waals surface area contributed by atoms with Crippen LogP contribution in [-0.2, 0) is 11.2 Å². The second-order valence-corrected chi connectivity index (χ2v) is 9.60. The van der Waals surface area contributed by atoms with E-state index < -0.39 is 5.95 Å². The van der Waals surface area contributed by atoms with Crippen molar-refractivity contribution in [2.24, 2.45) is 11.7 Å². The van der Waals surface area contributed by atoms with E-state index in [0.717, 1.165) is 34.6 Å². The number of carbonyl (C=O) groups excluding carboxylic acids is 1. The summed E-state index contributed by atoms with van der Waals surface area (Å²) < 4.78 is 25.0. The number of carbonyl (C=O) groups is 1. The lowest BCUT2D eigenvalue weighted by Crippen LogP contribution is -2.29. The number of methoxy groups -OCH3 is 1. The van der Waals surface area contributed by atoms with Crippen molar-refractivity contribution in [2.45, 2.75) is 52.0 Å². The fourth-order valence-corrected chi connectivity index (χ4v) is 4.44. The summed E-state index contributed by atoms with van der Waals surface area (Å²) >= 11 is 0. The molecule has 3 aromatic rings. The van der Waals surface area contributed by atoms with Crippen molar-refractivity contribution in [3.05, 3.63) is 71.3 Å². The Labute approximate surface area is 211 Å². The highest BCUT2D eigenvalue weighted by molar-refractivity contribution is 6.22. The zero-order valence-corrected chi connectivity index (χ0v) is 21.4. The van der Waals surface area contributed by atoms with Crippen molar-refractivity contribution < 1.29 is 18.7 Å². The number of halogens is 1. The topological polar surface area (TPSA) is 90.2 Å². The van der Waals surface area contributed by atoms with Gasteiger partial charge in [0, 0.05) is 11.1 Å². The van der Waals surface area contributed by atoms with Gasteiger partial charge in [0.15, 0.2) is 5.78 Å². The van der Waals surface area contributed by atoms with Crippen LogP contribution in [0.5, 0.6) is 11.5 Å². The highest BCUT2D eigenvalue weighted by Gasteiger charge is 2.35.